The number of amides is 1. The SMILES string of the molecule is C=CCN1C(=O)/C(=C/c2cccc(OCCOc3cccc(OC)c3)c2)SC1=S. The molecule has 0 atom stereocenters. The molecule has 0 unspecified atom stereocenters. The molecule has 0 aromatic heterocycles. The van der Waals surface area contributed by atoms with E-state index in [1.165, 1.54) is 16.7 Å². The Morgan fingerprint density at radius 2 is 1.72 bits per heavy atom. The number of benzene rings is 2. The first-order valence-electron chi connectivity index (χ1n) is 8.96. The van der Waals surface area contributed by atoms with Crippen LogP contribution in [0, 0.1) is 0 Å². The number of hydrogen-bond donors (Lipinski definition) is 0. The highest BCUT2D eigenvalue weighted by atomic mass is 32.2. The van der Waals surface area contributed by atoms with Gasteiger partial charge in [0.05, 0.1) is 12.0 Å². The highest BCUT2D eigenvalue weighted by molar-refractivity contribution is 8.26. The first kappa shape index (κ1) is 21.0. The fraction of sp³-hybridized carbons (Fsp3) is 0.182. The highest BCUT2D eigenvalue weighted by Crippen LogP contribution is 2.32. The number of hydrogen-bond acceptors (Lipinski definition) is 6. The van der Waals surface area contributed by atoms with Gasteiger partial charge in [0, 0.05) is 12.6 Å². The van der Waals surface area contributed by atoms with E-state index in [-0.39, 0.29) is 5.91 Å². The number of methoxy groups -OCH3 is 1. The van der Waals surface area contributed by atoms with Crippen LogP contribution in [0.15, 0.2) is 66.1 Å². The molecule has 0 radical (unpaired) electrons. The van der Waals surface area contributed by atoms with Gasteiger partial charge in [0.2, 0.25) is 0 Å². The lowest BCUT2D eigenvalue weighted by Crippen LogP contribution is -2.27. The number of thioether (sulfide) groups is 1. The summed E-state index contributed by atoms with van der Waals surface area (Å²) in [7, 11) is 1.62. The summed E-state index contributed by atoms with van der Waals surface area (Å²) in [6, 6.07) is 15.0. The van der Waals surface area contributed by atoms with Crippen LogP contribution in [0.2, 0.25) is 0 Å². The van der Waals surface area contributed by atoms with Crippen LogP contribution in [0.5, 0.6) is 17.2 Å². The first-order valence-corrected chi connectivity index (χ1v) is 10.2. The molecule has 0 aliphatic carbocycles. The van der Waals surface area contributed by atoms with E-state index in [0.717, 1.165) is 17.1 Å². The maximum atomic E-state index is 12.4. The normalized spacial score (nSPS) is 14.9. The predicted molar refractivity (Wildman–Crippen MR) is 121 cm³/mol. The van der Waals surface area contributed by atoms with E-state index in [1.54, 1.807) is 13.2 Å². The molecular formula is C22H21NO4S2. The topological polar surface area (TPSA) is 48.0 Å². The van der Waals surface area contributed by atoms with E-state index in [1.807, 2.05) is 54.6 Å². The zero-order chi connectivity index (χ0) is 20.6. The van der Waals surface area contributed by atoms with Crippen LogP contribution in [-0.4, -0.2) is 42.0 Å². The minimum atomic E-state index is -0.0992. The Kier molecular flexibility index (Phi) is 7.32. The third-order valence-electron chi connectivity index (χ3n) is 4.00. The molecule has 1 saturated heterocycles. The van der Waals surface area contributed by atoms with Crippen molar-refractivity contribution in [3.05, 3.63) is 71.7 Å². The van der Waals surface area contributed by atoms with E-state index in [9.17, 15) is 4.79 Å². The molecule has 0 saturated carbocycles. The van der Waals surface area contributed by atoms with E-state index in [0.29, 0.717) is 34.7 Å². The van der Waals surface area contributed by atoms with Crippen molar-refractivity contribution in [2.24, 2.45) is 0 Å². The fourth-order valence-corrected chi connectivity index (χ4v) is 3.92. The number of nitrogens with zero attached hydrogens (tertiary/aromatic N) is 1. The predicted octanol–water partition coefficient (Wildman–Crippen LogP) is 4.54. The minimum Gasteiger partial charge on any atom is -0.497 e. The number of ether oxygens (including phenoxy) is 3. The van der Waals surface area contributed by atoms with Gasteiger partial charge in [-0.1, -0.05) is 48.3 Å². The number of carbonyl (C=O) groups excluding carboxylic acids is 1. The maximum absolute atomic E-state index is 12.4. The van der Waals surface area contributed by atoms with Gasteiger partial charge >= 0.3 is 0 Å². The molecule has 7 heteroatoms. The standard InChI is InChI=1S/C22H21NO4S2/c1-3-10-23-21(24)20(29-22(23)28)14-16-6-4-8-18(13-16)26-11-12-27-19-9-5-7-17(15-19)25-2/h3-9,13-15H,1,10-12H2,2H3/b20-14-. The number of rotatable bonds is 9. The zero-order valence-corrected chi connectivity index (χ0v) is 17.6. The first-order chi connectivity index (χ1) is 14.1. The van der Waals surface area contributed by atoms with Crippen LogP contribution in [0.1, 0.15) is 5.56 Å². The molecular weight excluding hydrogens is 406 g/mol. The van der Waals surface area contributed by atoms with Crippen molar-refractivity contribution in [2.45, 2.75) is 0 Å². The lowest BCUT2D eigenvalue weighted by atomic mass is 10.2. The molecule has 1 aliphatic rings. The van der Waals surface area contributed by atoms with Gasteiger partial charge in [0.25, 0.3) is 5.91 Å². The third-order valence-corrected chi connectivity index (χ3v) is 5.38. The van der Waals surface area contributed by atoms with Crippen molar-refractivity contribution in [1.82, 2.24) is 4.90 Å². The monoisotopic (exact) mass is 427 g/mol. The summed E-state index contributed by atoms with van der Waals surface area (Å²) in [5, 5.41) is 0. The van der Waals surface area contributed by atoms with Gasteiger partial charge < -0.3 is 14.2 Å². The molecule has 1 amide bonds. The zero-order valence-electron chi connectivity index (χ0n) is 16.0. The van der Waals surface area contributed by atoms with Crippen LogP contribution in [-0.2, 0) is 4.79 Å². The lowest BCUT2D eigenvalue weighted by molar-refractivity contribution is -0.121. The van der Waals surface area contributed by atoms with Gasteiger partial charge in [-0.25, -0.2) is 0 Å². The van der Waals surface area contributed by atoms with Crippen molar-refractivity contribution >= 4 is 40.3 Å². The highest BCUT2D eigenvalue weighted by Gasteiger charge is 2.30. The van der Waals surface area contributed by atoms with Crippen LogP contribution < -0.4 is 14.2 Å². The van der Waals surface area contributed by atoms with Gasteiger partial charge in [0.15, 0.2) is 0 Å². The van der Waals surface area contributed by atoms with E-state index >= 15 is 0 Å². The largest absolute Gasteiger partial charge is 0.497 e. The average Bonchev–Trinajstić information content (AvgIpc) is 2.99. The second-order valence-corrected chi connectivity index (χ2v) is 7.71. The lowest BCUT2D eigenvalue weighted by Gasteiger charge is -2.10. The number of thiocarbonyl (C=S) groups is 1. The quantitative estimate of drug-likeness (QED) is 0.253. The molecule has 1 heterocycles. The molecule has 5 nitrogen and oxygen atoms in total. The Bertz CT molecular complexity index is 942. The van der Waals surface area contributed by atoms with Gasteiger partial charge in [-0.2, -0.15) is 0 Å². The Balaban J connectivity index is 1.56. The molecule has 0 N–H and O–H groups in total. The molecule has 2 aromatic rings. The Hall–Kier alpha value is -2.77. The number of carbonyl (C=O) groups is 1. The van der Waals surface area contributed by atoms with Crippen LogP contribution in [0.4, 0.5) is 0 Å². The summed E-state index contributed by atoms with van der Waals surface area (Å²) in [4.78, 5) is 14.6. The van der Waals surface area contributed by atoms with Gasteiger partial charge in [0.1, 0.15) is 34.8 Å². The van der Waals surface area contributed by atoms with Crippen molar-refractivity contribution in [1.29, 1.82) is 0 Å². The second kappa shape index (κ2) is 10.1. The second-order valence-electron chi connectivity index (χ2n) is 6.03. The maximum Gasteiger partial charge on any atom is 0.266 e. The van der Waals surface area contributed by atoms with Gasteiger partial charge in [-0.15, -0.1) is 6.58 Å². The van der Waals surface area contributed by atoms with E-state index in [2.05, 4.69) is 6.58 Å². The van der Waals surface area contributed by atoms with Crippen LogP contribution in [0.25, 0.3) is 6.08 Å². The molecule has 0 bridgehead atoms. The summed E-state index contributed by atoms with van der Waals surface area (Å²) in [6.45, 7) is 4.87. The van der Waals surface area contributed by atoms with Crippen molar-refractivity contribution in [3.8, 4) is 17.2 Å². The summed E-state index contributed by atoms with van der Waals surface area (Å²) in [5.41, 5.74) is 0.871. The van der Waals surface area contributed by atoms with Crippen LogP contribution >= 0.6 is 24.0 Å². The van der Waals surface area contributed by atoms with Crippen molar-refractivity contribution in [3.63, 3.8) is 0 Å². The average molecular weight is 428 g/mol. The van der Waals surface area contributed by atoms with Crippen molar-refractivity contribution in [2.75, 3.05) is 26.9 Å². The molecule has 1 fully saturated rings. The smallest absolute Gasteiger partial charge is 0.266 e. The minimum absolute atomic E-state index is 0.0992. The molecule has 29 heavy (non-hydrogen) atoms. The molecule has 150 valence electrons. The van der Waals surface area contributed by atoms with Crippen LogP contribution in [0.3, 0.4) is 0 Å². The van der Waals surface area contributed by atoms with Gasteiger partial charge in [-0.3, -0.25) is 9.69 Å². The Morgan fingerprint density at radius 3 is 2.41 bits per heavy atom. The van der Waals surface area contributed by atoms with E-state index < -0.39 is 0 Å². The van der Waals surface area contributed by atoms with E-state index in [4.69, 9.17) is 26.4 Å². The molecule has 3 rings (SSSR count). The molecule has 0 spiro atoms. The molecule has 2 aromatic carbocycles. The fourth-order valence-electron chi connectivity index (χ4n) is 2.64. The Morgan fingerprint density at radius 1 is 1.07 bits per heavy atom. The summed E-state index contributed by atoms with van der Waals surface area (Å²) in [6.07, 6.45) is 3.48. The van der Waals surface area contributed by atoms with Gasteiger partial charge in [-0.05, 0) is 35.9 Å². The summed E-state index contributed by atoms with van der Waals surface area (Å²) in [5.74, 6) is 2.07. The summed E-state index contributed by atoms with van der Waals surface area (Å²) < 4.78 is 17.2. The Labute approximate surface area is 179 Å². The van der Waals surface area contributed by atoms with Crippen molar-refractivity contribution < 1.29 is 19.0 Å². The molecule has 1 aliphatic heterocycles. The third kappa shape index (κ3) is 5.62. The summed E-state index contributed by atoms with van der Waals surface area (Å²) >= 11 is 6.56.